The summed E-state index contributed by atoms with van der Waals surface area (Å²) in [6.07, 6.45) is 0. The molecule has 0 saturated heterocycles. The van der Waals surface area contributed by atoms with Gasteiger partial charge in [0.25, 0.3) is 0 Å². The number of hydrogen-bond donors (Lipinski definition) is 4. The summed E-state index contributed by atoms with van der Waals surface area (Å²) in [6, 6.07) is 12.0. The number of primary amides is 1. The molecule has 0 unspecified atom stereocenters. The number of aryl methyl sites for hydroxylation is 1. The summed E-state index contributed by atoms with van der Waals surface area (Å²) < 4.78 is 1.54. The molecule has 0 aliphatic heterocycles. The lowest BCUT2D eigenvalue weighted by Gasteiger charge is -2.00. The average molecular weight is 363 g/mol. The summed E-state index contributed by atoms with van der Waals surface area (Å²) in [5.74, 6) is -0.106. The number of nitrogens with two attached hydrogens (primary N) is 1. The van der Waals surface area contributed by atoms with Gasteiger partial charge in [0.2, 0.25) is 5.91 Å². The Morgan fingerprint density at radius 2 is 1.96 bits per heavy atom. The topological polar surface area (TPSA) is 130 Å². The monoisotopic (exact) mass is 363 g/mol. The highest BCUT2D eigenvalue weighted by molar-refractivity contribution is 5.96. The maximum absolute atomic E-state index is 11.4. The number of hydrogen-bond acceptors (Lipinski definition) is 5. The number of aromatic amines is 1. The Morgan fingerprint density at radius 3 is 2.63 bits per heavy atom. The third-order valence-electron chi connectivity index (χ3n) is 4.42. The van der Waals surface area contributed by atoms with E-state index in [4.69, 9.17) is 10.8 Å². The van der Waals surface area contributed by atoms with Gasteiger partial charge in [-0.15, -0.1) is 0 Å². The molecule has 0 radical (unpaired) electrons. The number of aliphatic hydroxyl groups excluding tert-OH is 1. The first-order valence-electron chi connectivity index (χ1n) is 8.24. The zero-order valence-corrected chi connectivity index (χ0v) is 14.5. The van der Waals surface area contributed by atoms with E-state index >= 15 is 0 Å². The SMILES string of the molecule is Cn1nc(-c2ccc(CO)cc2)c(O)c1-c1nc2ccc(C(N)=O)cc2[nH]1. The number of imidazole rings is 1. The highest BCUT2D eigenvalue weighted by atomic mass is 16.3. The van der Waals surface area contributed by atoms with Crippen molar-refractivity contribution in [3.63, 3.8) is 0 Å². The Bertz CT molecular complexity index is 1160. The fourth-order valence-corrected chi connectivity index (χ4v) is 3.02. The van der Waals surface area contributed by atoms with Gasteiger partial charge in [-0.05, 0) is 23.8 Å². The second-order valence-corrected chi connectivity index (χ2v) is 6.21. The molecule has 0 saturated carbocycles. The first-order chi connectivity index (χ1) is 13.0. The maximum atomic E-state index is 11.4. The van der Waals surface area contributed by atoms with Crippen LogP contribution in [0.2, 0.25) is 0 Å². The molecular weight excluding hydrogens is 346 g/mol. The molecule has 8 heteroatoms. The number of carbonyl (C=O) groups excluding carboxylic acids is 1. The zero-order chi connectivity index (χ0) is 19.1. The summed E-state index contributed by atoms with van der Waals surface area (Å²) in [5.41, 5.74) is 9.30. The molecule has 136 valence electrons. The summed E-state index contributed by atoms with van der Waals surface area (Å²) in [5, 5.41) is 24.3. The minimum absolute atomic E-state index is 0.0107. The van der Waals surface area contributed by atoms with E-state index in [1.54, 1.807) is 49.5 Å². The Kier molecular flexibility index (Phi) is 3.89. The van der Waals surface area contributed by atoms with E-state index < -0.39 is 5.91 Å². The van der Waals surface area contributed by atoms with Crippen molar-refractivity contribution in [1.29, 1.82) is 0 Å². The van der Waals surface area contributed by atoms with E-state index in [1.165, 1.54) is 4.68 Å². The number of aromatic hydroxyl groups is 1. The smallest absolute Gasteiger partial charge is 0.248 e. The van der Waals surface area contributed by atoms with Gasteiger partial charge in [0.05, 0.1) is 17.6 Å². The van der Waals surface area contributed by atoms with Crippen LogP contribution in [-0.4, -0.2) is 35.9 Å². The summed E-state index contributed by atoms with van der Waals surface area (Å²) in [6.45, 7) is -0.0496. The Balaban J connectivity index is 1.81. The van der Waals surface area contributed by atoms with Gasteiger partial charge < -0.3 is 20.9 Å². The number of fused-ring (bicyclic) bond motifs is 1. The Labute approximate surface area is 153 Å². The number of benzene rings is 2. The number of aliphatic hydroxyl groups is 1. The minimum Gasteiger partial charge on any atom is -0.504 e. The van der Waals surface area contributed by atoms with Gasteiger partial charge in [-0.2, -0.15) is 5.10 Å². The number of nitrogens with one attached hydrogen (secondary N) is 1. The third kappa shape index (κ3) is 2.81. The molecular formula is C19H17N5O3. The van der Waals surface area contributed by atoms with E-state index in [2.05, 4.69) is 15.1 Å². The van der Waals surface area contributed by atoms with Crippen molar-refractivity contribution in [3.05, 3.63) is 53.6 Å². The van der Waals surface area contributed by atoms with Crippen LogP contribution >= 0.6 is 0 Å². The molecule has 2 aromatic heterocycles. The highest BCUT2D eigenvalue weighted by Crippen LogP contribution is 2.37. The van der Waals surface area contributed by atoms with Crippen LogP contribution in [0.1, 0.15) is 15.9 Å². The second kappa shape index (κ2) is 6.26. The first-order valence-corrected chi connectivity index (χ1v) is 8.24. The van der Waals surface area contributed by atoms with Crippen LogP contribution in [-0.2, 0) is 13.7 Å². The lowest BCUT2D eigenvalue weighted by molar-refractivity contribution is 0.100. The van der Waals surface area contributed by atoms with Crippen LogP contribution in [0.3, 0.4) is 0 Å². The van der Waals surface area contributed by atoms with Crippen molar-refractivity contribution < 1.29 is 15.0 Å². The standard InChI is InChI=1S/C19H17N5O3/c1-24-16(17(26)15(23-24)11-4-2-10(9-25)3-5-11)19-21-13-7-6-12(18(20)27)8-14(13)22-19/h2-8,25-26H,9H2,1H3,(H2,20,27)(H,21,22). The quantitative estimate of drug-likeness (QED) is 0.440. The van der Waals surface area contributed by atoms with Crippen molar-refractivity contribution in [3.8, 4) is 28.5 Å². The molecule has 0 fully saturated rings. The Hall–Kier alpha value is -3.65. The van der Waals surface area contributed by atoms with Gasteiger partial charge >= 0.3 is 0 Å². The molecule has 4 rings (SSSR count). The fourth-order valence-electron chi connectivity index (χ4n) is 3.02. The molecule has 27 heavy (non-hydrogen) atoms. The highest BCUT2D eigenvalue weighted by Gasteiger charge is 2.21. The van der Waals surface area contributed by atoms with E-state index in [0.717, 1.165) is 11.1 Å². The van der Waals surface area contributed by atoms with E-state index in [1.807, 2.05) is 0 Å². The van der Waals surface area contributed by atoms with Gasteiger partial charge in [0.1, 0.15) is 11.4 Å². The van der Waals surface area contributed by atoms with Crippen LogP contribution in [0, 0.1) is 0 Å². The van der Waals surface area contributed by atoms with Crippen molar-refractivity contribution >= 4 is 16.9 Å². The van der Waals surface area contributed by atoms with Crippen molar-refractivity contribution in [2.24, 2.45) is 12.8 Å². The minimum atomic E-state index is -0.523. The molecule has 0 atom stereocenters. The van der Waals surface area contributed by atoms with Crippen LogP contribution in [0.15, 0.2) is 42.5 Å². The number of nitrogens with zero attached hydrogens (tertiary/aromatic N) is 3. The summed E-state index contributed by atoms with van der Waals surface area (Å²) in [4.78, 5) is 18.9. The van der Waals surface area contributed by atoms with Crippen molar-refractivity contribution in [2.75, 3.05) is 0 Å². The lowest BCUT2D eigenvalue weighted by Crippen LogP contribution is -2.10. The average Bonchev–Trinajstić information content (AvgIpc) is 3.21. The first kappa shape index (κ1) is 16.8. The van der Waals surface area contributed by atoms with Crippen LogP contribution in [0.25, 0.3) is 33.8 Å². The van der Waals surface area contributed by atoms with Crippen molar-refractivity contribution in [1.82, 2.24) is 19.7 Å². The molecule has 0 aliphatic carbocycles. The molecule has 2 aromatic carbocycles. The maximum Gasteiger partial charge on any atom is 0.248 e. The van der Waals surface area contributed by atoms with Gasteiger partial charge in [-0.25, -0.2) is 4.98 Å². The molecule has 8 nitrogen and oxygen atoms in total. The van der Waals surface area contributed by atoms with Crippen LogP contribution < -0.4 is 5.73 Å². The predicted octanol–water partition coefficient (Wildman–Crippen LogP) is 1.93. The van der Waals surface area contributed by atoms with Crippen LogP contribution in [0.4, 0.5) is 0 Å². The largest absolute Gasteiger partial charge is 0.504 e. The molecule has 0 spiro atoms. The number of amides is 1. The molecule has 1 amide bonds. The van der Waals surface area contributed by atoms with Gasteiger partial charge in [-0.3, -0.25) is 9.48 Å². The fraction of sp³-hybridized carbons (Fsp3) is 0.105. The van der Waals surface area contributed by atoms with Gasteiger partial charge in [0.15, 0.2) is 11.6 Å². The molecule has 5 N–H and O–H groups in total. The molecule has 2 heterocycles. The number of carbonyl (C=O) groups is 1. The number of rotatable bonds is 4. The lowest BCUT2D eigenvalue weighted by atomic mass is 10.1. The molecule has 4 aromatic rings. The van der Waals surface area contributed by atoms with Gasteiger partial charge in [-0.1, -0.05) is 24.3 Å². The Morgan fingerprint density at radius 1 is 1.22 bits per heavy atom. The zero-order valence-electron chi connectivity index (χ0n) is 14.5. The predicted molar refractivity (Wildman–Crippen MR) is 99.8 cm³/mol. The normalized spacial score (nSPS) is 11.2. The molecule has 0 aliphatic rings. The number of H-pyrrole nitrogens is 1. The third-order valence-corrected chi connectivity index (χ3v) is 4.42. The molecule has 0 bridgehead atoms. The van der Waals surface area contributed by atoms with Crippen LogP contribution in [0.5, 0.6) is 5.75 Å². The van der Waals surface area contributed by atoms with Crippen molar-refractivity contribution in [2.45, 2.75) is 6.61 Å². The number of aromatic nitrogens is 4. The van der Waals surface area contributed by atoms with E-state index in [0.29, 0.717) is 33.8 Å². The second-order valence-electron chi connectivity index (χ2n) is 6.21. The van der Waals surface area contributed by atoms with E-state index in [-0.39, 0.29) is 12.4 Å². The van der Waals surface area contributed by atoms with E-state index in [9.17, 15) is 9.90 Å². The van der Waals surface area contributed by atoms with Gasteiger partial charge in [0, 0.05) is 18.2 Å². The summed E-state index contributed by atoms with van der Waals surface area (Å²) in [7, 11) is 1.71. The summed E-state index contributed by atoms with van der Waals surface area (Å²) >= 11 is 0.